The van der Waals surface area contributed by atoms with Crippen LogP contribution in [0.25, 0.3) is 22.8 Å². The third-order valence-electron chi connectivity index (χ3n) is 6.54. The van der Waals surface area contributed by atoms with E-state index in [2.05, 4.69) is 73.7 Å². The zero-order valence-corrected chi connectivity index (χ0v) is 20.7. The van der Waals surface area contributed by atoms with Crippen molar-refractivity contribution in [3.63, 3.8) is 0 Å². The zero-order chi connectivity index (χ0) is 23.9. The van der Waals surface area contributed by atoms with Crippen molar-refractivity contribution in [2.75, 3.05) is 6.61 Å². The van der Waals surface area contributed by atoms with Crippen LogP contribution in [0, 0.1) is 5.82 Å². The number of hydrogen-bond donors (Lipinski definition) is 0. The van der Waals surface area contributed by atoms with Gasteiger partial charge < -0.3 is 4.74 Å². The minimum atomic E-state index is -0.370. The molecule has 3 aromatic carbocycles. The molecule has 1 atom stereocenters. The molecule has 34 heavy (non-hydrogen) atoms. The van der Waals surface area contributed by atoms with Crippen molar-refractivity contribution in [2.45, 2.75) is 51.9 Å². The lowest BCUT2D eigenvalue weighted by molar-refractivity contribution is 0.308. The van der Waals surface area contributed by atoms with Gasteiger partial charge in [-0.3, -0.25) is 0 Å². The number of hydrogen-bond acceptors (Lipinski definition) is 1. The minimum absolute atomic E-state index is 0.0889. The average Bonchev–Trinajstić information content (AvgIpc) is 2.88. The Hall–Kier alpha value is -2.84. The fourth-order valence-corrected chi connectivity index (χ4v) is 4.75. The SMILES string of the molecule is C/C=C/c1ccc(-c2ccc(C3CC=C(c4ccc(OCCCC)c(Cl)c4F)CC3)cc2)cc1. The van der Waals surface area contributed by atoms with E-state index in [-0.39, 0.29) is 10.8 Å². The van der Waals surface area contributed by atoms with Gasteiger partial charge in [0.2, 0.25) is 0 Å². The molecule has 0 N–H and O–H groups in total. The van der Waals surface area contributed by atoms with Gasteiger partial charge in [0.05, 0.1) is 6.61 Å². The Labute approximate surface area is 207 Å². The molecule has 0 saturated carbocycles. The minimum Gasteiger partial charge on any atom is -0.492 e. The van der Waals surface area contributed by atoms with Crippen LogP contribution in [0.3, 0.4) is 0 Å². The molecule has 0 saturated heterocycles. The average molecular weight is 475 g/mol. The number of ether oxygens (including phenoxy) is 1. The summed E-state index contributed by atoms with van der Waals surface area (Å²) in [4.78, 5) is 0. The van der Waals surface area contributed by atoms with Gasteiger partial charge >= 0.3 is 0 Å². The summed E-state index contributed by atoms with van der Waals surface area (Å²) >= 11 is 6.28. The second-order valence-corrected chi connectivity index (χ2v) is 9.26. The number of halogens is 2. The maximum absolute atomic E-state index is 15.0. The highest BCUT2D eigenvalue weighted by Gasteiger charge is 2.21. The van der Waals surface area contributed by atoms with Crippen LogP contribution in [0.5, 0.6) is 5.75 Å². The summed E-state index contributed by atoms with van der Waals surface area (Å²) in [5.41, 5.74) is 6.63. The first-order chi connectivity index (χ1) is 16.6. The number of allylic oxidation sites excluding steroid dienone is 3. The second kappa shape index (κ2) is 11.5. The van der Waals surface area contributed by atoms with Crippen molar-refractivity contribution in [1.82, 2.24) is 0 Å². The first-order valence-corrected chi connectivity index (χ1v) is 12.6. The monoisotopic (exact) mass is 474 g/mol. The van der Waals surface area contributed by atoms with Gasteiger partial charge in [0.25, 0.3) is 0 Å². The molecule has 0 aromatic heterocycles. The fraction of sp³-hybridized carbons (Fsp3) is 0.290. The Morgan fingerprint density at radius 3 is 2.32 bits per heavy atom. The van der Waals surface area contributed by atoms with Crippen LogP contribution < -0.4 is 4.74 Å². The van der Waals surface area contributed by atoms with Crippen LogP contribution >= 0.6 is 11.6 Å². The smallest absolute Gasteiger partial charge is 0.153 e. The zero-order valence-electron chi connectivity index (χ0n) is 20.0. The van der Waals surface area contributed by atoms with E-state index < -0.39 is 0 Å². The molecule has 1 aliphatic carbocycles. The van der Waals surface area contributed by atoms with E-state index in [9.17, 15) is 4.39 Å². The molecule has 176 valence electrons. The van der Waals surface area contributed by atoms with Gasteiger partial charge in [0, 0.05) is 5.56 Å². The third kappa shape index (κ3) is 5.62. The van der Waals surface area contributed by atoms with E-state index in [1.807, 2.05) is 13.0 Å². The van der Waals surface area contributed by atoms with Crippen molar-refractivity contribution in [2.24, 2.45) is 0 Å². The third-order valence-corrected chi connectivity index (χ3v) is 6.90. The molecule has 0 amide bonds. The highest BCUT2D eigenvalue weighted by molar-refractivity contribution is 6.32. The van der Waals surface area contributed by atoms with Crippen molar-refractivity contribution < 1.29 is 9.13 Å². The van der Waals surface area contributed by atoms with E-state index in [1.165, 1.54) is 22.3 Å². The molecule has 4 rings (SSSR count). The molecule has 0 heterocycles. The summed E-state index contributed by atoms with van der Waals surface area (Å²) in [6.07, 6.45) is 11.0. The molecule has 0 aliphatic heterocycles. The Bertz CT molecular complexity index is 1160. The van der Waals surface area contributed by atoms with Crippen LogP contribution in [0.4, 0.5) is 4.39 Å². The molecular weight excluding hydrogens is 443 g/mol. The van der Waals surface area contributed by atoms with Crippen molar-refractivity contribution >= 4 is 23.3 Å². The Balaban J connectivity index is 1.43. The predicted octanol–water partition coefficient (Wildman–Crippen LogP) is 9.71. The summed E-state index contributed by atoms with van der Waals surface area (Å²) in [5.74, 6) is 0.512. The molecule has 0 spiro atoms. The van der Waals surface area contributed by atoms with E-state index in [0.717, 1.165) is 37.7 Å². The van der Waals surface area contributed by atoms with Gasteiger partial charge in [-0.15, -0.1) is 0 Å². The van der Waals surface area contributed by atoms with Gasteiger partial charge in [-0.2, -0.15) is 0 Å². The molecule has 1 nitrogen and oxygen atoms in total. The number of unbranched alkanes of at least 4 members (excludes halogenated alkanes) is 1. The molecule has 1 aliphatic rings. The van der Waals surface area contributed by atoms with Crippen LogP contribution in [0.1, 0.15) is 68.6 Å². The van der Waals surface area contributed by atoms with Gasteiger partial charge in [0.15, 0.2) is 5.82 Å². The largest absolute Gasteiger partial charge is 0.492 e. The normalized spacial score (nSPS) is 16.0. The number of rotatable bonds is 8. The summed E-state index contributed by atoms with van der Waals surface area (Å²) < 4.78 is 20.6. The summed E-state index contributed by atoms with van der Waals surface area (Å²) in [7, 11) is 0. The van der Waals surface area contributed by atoms with Gasteiger partial charge in [-0.1, -0.05) is 91.7 Å². The first-order valence-electron chi connectivity index (χ1n) is 12.2. The quantitative estimate of drug-likeness (QED) is 0.295. The van der Waals surface area contributed by atoms with Crippen LogP contribution in [0.2, 0.25) is 5.02 Å². The highest BCUT2D eigenvalue weighted by atomic mass is 35.5. The Kier molecular flexibility index (Phi) is 8.24. The maximum Gasteiger partial charge on any atom is 0.153 e. The standard InChI is InChI=1S/C31H32ClFO/c1-3-5-21-34-29-20-19-28(31(33)30(29)32)27-17-15-26(16-18-27)25-13-11-24(12-14-25)23-9-7-22(6-4-2)8-10-23/h4,6-14,17,19-20,26H,3,5,15-16,18,21H2,1-2H3/b6-4+. The van der Waals surface area contributed by atoms with Gasteiger partial charge in [-0.05, 0) is 78.5 Å². The van der Waals surface area contributed by atoms with Crippen LogP contribution in [-0.2, 0) is 0 Å². The van der Waals surface area contributed by atoms with Crippen LogP contribution in [0.15, 0.2) is 72.8 Å². The lowest BCUT2D eigenvalue weighted by Crippen LogP contribution is -2.06. The van der Waals surface area contributed by atoms with E-state index in [1.54, 1.807) is 6.07 Å². The van der Waals surface area contributed by atoms with Gasteiger partial charge in [-0.25, -0.2) is 4.39 Å². The molecular formula is C31H32ClFO. The maximum atomic E-state index is 15.0. The van der Waals surface area contributed by atoms with E-state index in [4.69, 9.17) is 16.3 Å². The van der Waals surface area contributed by atoms with E-state index in [0.29, 0.717) is 23.8 Å². The van der Waals surface area contributed by atoms with Crippen LogP contribution in [-0.4, -0.2) is 6.61 Å². The molecule has 1 unspecified atom stereocenters. The lowest BCUT2D eigenvalue weighted by Gasteiger charge is -2.23. The fourth-order valence-electron chi connectivity index (χ4n) is 4.53. The lowest BCUT2D eigenvalue weighted by atomic mass is 9.82. The summed E-state index contributed by atoms with van der Waals surface area (Å²) in [6, 6.07) is 21.1. The highest BCUT2D eigenvalue weighted by Crippen LogP contribution is 2.40. The first kappa shape index (κ1) is 24.3. The second-order valence-electron chi connectivity index (χ2n) is 8.89. The summed E-state index contributed by atoms with van der Waals surface area (Å²) in [6.45, 7) is 4.68. The Morgan fingerprint density at radius 1 is 1.00 bits per heavy atom. The topological polar surface area (TPSA) is 9.23 Å². The van der Waals surface area contributed by atoms with E-state index >= 15 is 0 Å². The molecule has 3 aromatic rings. The molecule has 0 bridgehead atoms. The molecule has 3 heteroatoms. The van der Waals surface area contributed by atoms with Gasteiger partial charge in [0.1, 0.15) is 10.8 Å². The van der Waals surface area contributed by atoms with Crippen molar-refractivity contribution in [3.05, 3.63) is 100 Å². The van der Waals surface area contributed by atoms with Crippen molar-refractivity contribution in [3.8, 4) is 16.9 Å². The van der Waals surface area contributed by atoms with Crippen molar-refractivity contribution in [1.29, 1.82) is 0 Å². The number of benzene rings is 3. The molecule has 0 radical (unpaired) electrons. The molecule has 0 fully saturated rings. The Morgan fingerprint density at radius 2 is 1.71 bits per heavy atom. The summed E-state index contributed by atoms with van der Waals surface area (Å²) in [5, 5.41) is 0.0889. The predicted molar refractivity (Wildman–Crippen MR) is 143 cm³/mol.